The van der Waals surface area contributed by atoms with E-state index in [1.54, 1.807) is 41.9 Å². The number of hydrogen-bond donors (Lipinski definition) is 4. The fourth-order valence-electron chi connectivity index (χ4n) is 2.01. The third-order valence-electron chi connectivity index (χ3n) is 3.30. The predicted molar refractivity (Wildman–Crippen MR) is 88.0 cm³/mol. The minimum atomic E-state index is -0.599. The highest BCUT2D eigenvalue weighted by atomic mass is 16.5. The van der Waals surface area contributed by atoms with Crippen molar-refractivity contribution in [2.24, 2.45) is 0 Å². The van der Waals surface area contributed by atoms with Crippen LogP contribution in [0.4, 0.5) is 10.5 Å². The first-order chi connectivity index (χ1) is 11.5. The molecular weight excluding hydrogens is 310 g/mol. The molecule has 0 aliphatic rings. The van der Waals surface area contributed by atoms with Crippen LogP contribution < -0.4 is 16.1 Å². The maximum atomic E-state index is 11.9. The Kier molecular flexibility index (Phi) is 5.64. The Bertz CT molecular complexity index is 757. The Morgan fingerprint density at radius 3 is 2.33 bits per heavy atom. The number of anilines is 1. The fraction of sp³-hybridized carbons (Fsp3) is 0.118. The molecule has 0 fully saturated rings. The summed E-state index contributed by atoms with van der Waals surface area (Å²) in [7, 11) is 0. The molecule has 0 atom stereocenters. The largest absolute Gasteiger partial charge is 0.334 e. The zero-order chi connectivity index (χ0) is 17.5. The van der Waals surface area contributed by atoms with E-state index >= 15 is 0 Å². The van der Waals surface area contributed by atoms with Crippen molar-refractivity contribution in [1.29, 1.82) is 0 Å². The van der Waals surface area contributed by atoms with Crippen LogP contribution in [0.5, 0.6) is 0 Å². The zero-order valence-corrected chi connectivity index (χ0v) is 13.0. The maximum Gasteiger partial charge on any atom is 0.319 e. The van der Waals surface area contributed by atoms with Crippen molar-refractivity contribution < 1.29 is 19.6 Å². The van der Waals surface area contributed by atoms with Crippen LogP contribution in [0.3, 0.4) is 0 Å². The summed E-state index contributed by atoms with van der Waals surface area (Å²) in [5.74, 6) is -0.677. The normalized spacial score (nSPS) is 9.92. The molecule has 2 aromatic rings. The lowest BCUT2D eigenvalue weighted by molar-refractivity contribution is 0.0706. The smallest absolute Gasteiger partial charge is 0.319 e. The summed E-state index contributed by atoms with van der Waals surface area (Å²) in [5.41, 5.74) is 3.69. The summed E-state index contributed by atoms with van der Waals surface area (Å²) >= 11 is 0. The minimum absolute atomic E-state index is 0.0777. The average Bonchev–Trinajstić information content (AvgIpc) is 2.60. The molecule has 7 nitrogen and oxygen atoms in total. The van der Waals surface area contributed by atoms with Gasteiger partial charge >= 0.3 is 6.03 Å². The third kappa shape index (κ3) is 4.65. The lowest BCUT2D eigenvalue weighted by Crippen LogP contribution is -2.28. The first-order valence-electron chi connectivity index (χ1n) is 7.19. The van der Waals surface area contributed by atoms with Crippen molar-refractivity contribution in [3.63, 3.8) is 0 Å². The van der Waals surface area contributed by atoms with Gasteiger partial charge in [0.15, 0.2) is 5.78 Å². The van der Waals surface area contributed by atoms with Crippen LogP contribution in [0.2, 0.25) is 0 Å². The SMILES string of the molecule is CC(=O)c1cccc(NC(=O)NCc2ccc(C(=O)NO)cc2)c1. The van der Waals surface area contributed by atoms with E-state index in [2.05, 4.69) is 10.6 Å². The number of urea groups is 1. The van der Waals surface area contributed by atoms with Crippen LogP contribution in [0, 0.1) is 0 Å². The summed E-state index contributed by atoms with van der Waals surface area (Å²) in [4.78, 5) is 34.4. The highest BCUT2D eigenvalue weighted by Crippen LogP contribution is 2.11. The molecule has 0 unspecified atom stereocenters. The number of rotatable bonds is 5. The highest BCUT2D eigenvalue weighted by molar-refractivity contribution is 5.96. The van der Waals surface area contributed by atoms with Gasteiger partial charge in [0, 0.05) is 23.4 Å². The first-order valence-corrected chi connectivity index (χ1v) is 7.19. The highest BCUT2D eigenvalue weighted by Gasteiger charge is 2.06. The summed E-state index contributed by atoms with van der Waals surface area (Å²) in [6.07, 6.45) is 0. The van der Waals surface area contributed by atoms with E-state index in [1.807, 2.05) is 0 Å². The molecule has 0 bridgehead atoms. The average molecular weight is 327 g/mol. The molecule has 2 aromatic carbocycles. The molecule has 124 valence electrons. The van der Waals surface area contributed by atoms with E-state index in [-0.39, 0.29) is 12.3 Å². The summed E-state index contributed by atoms with van der Waals surface area (Å²) in [5, 5.41) is 13.9. The topological polar surface area (TPSA) is 108 Å². The van der Waals surface area contributed by atoms with Crippen molar-refractivity contribution in [3.8, 4) is 0 Å². The molecule has 0 radical (unpaired) electrons. The number of Topliss-reactive ketones (excluding diaryl/α,β-unsaturated/α-hetero) is 1. The van der Waals surface area contributed by atoms with Gasteiger partial charge in [-0.15, -0.1) is 0 Å². The second-order valence-electron chi connectivity index (χ2n) is 5.08. The number of carbonyl (C=O) groups excluding carboxylic acids is 3. The van der Waals surface area contributed by atoms with Crippen LogP contribution in [-0.2, 0) is 6.54 Å². The van der Waals surface area contributed by atoms with Crippen molar-refractivity contribution in [1.82, 2.24) is 10.8 Å². The van der Waals surface area contributed by atoms with Gasteiger partial charge in [-0.3, -0.25) is 14.8 Å². The van der Waals surface area contributed by atoms with E-state index in [1.165, 1.54) is 19.1 Å². The van der Waals surface area contributed by atoms with Gasteiger partial charge in [0.25, 0.3) is 5.91 Å². The maximum absolute atomic E-state index is 11.9. The van der Waals surface area contributed by atoms with Crippen LogP contribution in [0.25, 0.3) is 0 Å². The van der Waals surface area contributed by atoms with Crippen LogP contribution in [0.1, 0.15) is 33.2 Å². The lowest BCUT2D eigenvalue weighted by Gasteiger charge is -2.09. The lowest BCUT2D eigenvalue weighted by atomic mass is 10.1. The number of hydroxylamine groups is 1. The van der Waals surface area contributed by atoms with Gasteiger partial charge in [-0.2, -0.15) is 0 Å². The monoisotopic (exact) mass is 327 g/mol. The van der Waals surface area contributed by atoms with Gasteiger partial charge in [-0.25, -0.2) is 10.3 Å². The first kappa shape index (κ1) is 17.2. The standard InChI is InChI=1S/C17H17N3O4/c1-11(21)14-3-2-4-15(9-14)19-17(23)18-10-12-5-7-13(8-6-12)16(22)20-24/h2-9,24H,10H2,1H3,(H,20,22)(H2,18,19,23). The van der Waals surface area contributed by atoms with E-state index in [4.69, 9.17) is 5.21 Å². The number of amides is 3. The second kappa shape index (κ2) is 7.89. The summed E-state index contributed by atoms with van der Waals surface area (Å²) in [6.45, 7) is 1.72. The fourth-order valence-corrected chi connectivity index (χ4v) is 2.01. The summed E-state index contributed by atoms with van der Waals surface area (Å²) < 4.78 is 0. The molecule has 0 aromatic heterocycles. The Balaban J connectivity index is 1.90. The zero-order valence-electron chi connectivity index (χ0n) is 13.0. The molecule has 4 N–H and O–H groups in total. The van der Waals surface area contributed by atoms with Crippen molar-refractivity contribution in [3.05, 3.63) is 65.2 Å². The van der Waals surface area contributed by atoms with E-state index in [9.17, 15) is 14.4 Å². The van der Waals surface area contributed by atoms with E-state index in [0.29, 0.717) is 16.8 Å². The van der Waals surface area contributed by atoms with Gasteiger partial charge in [-0.05, 0) is 36.8 Å². The number of carbonyl (C=O) groups is 3. The molecule has 0 aliphatic carbocycles. The van der Waals surface area contributed by atoms with Crippen molar-refractivity contribution in [2.45, 2.75) is 13.5 Å². The van der Waals surface area contributed by atoms with Gasteiger partial charge in [-0.1, -0.05) is 24.3 Å². The molecule has 3 amide bonds. The molecule has 7 heteroatoms. The number of ketones is 1. The van der Waals surface area contributed by atoms with Crippen LogP contribution in [0.15, 0.2) is 48.5 Å². The molecule has 0 saturated carbocycles. The Labute approximate surface area is 138 Å². The van der Waals surface area contributed by atoms with E-state index in [0.717, 1.165) is 5.56 Å². The second-order valence-corrected chi connectivity index (χ2v) is 5.08. The molecule has 2 rings (SSSR count). The molecule has 0 heterocycles. The van der Waals surface area contributed by atoms with Gasteiger partial charge < -0.3 is 10.6 Å². The molecule has 0 spiro atoms. The quantitative estimate of drug-likeness (QED) is 0.384. The van der Waals surface area contributed by atoms with Crippen molar-refractivity contribution in [2.75, 3.05) is 5.32 Å². The Morgan fingerprint density at radius 1 is 1.00 bits per heavy atom. The molecular formula is C17H17N3O4. The molecule has 0 aliphatic heterocycles. The van der Waals surface area contributed by atoms with Gasteiger partial charge in [0.2, 0.25) is 0 Å². The minimum Gasteiger partial charge on any atom is -0.334 e. The van der Waals surface area contributed by atoms with E-state index < -0.39 is 11.9 Å². The number of benzene rings is 2. The molecule has 0 saturated heterocycles. The molecule has 24 heavy (non-hydrogen) atoms. The summed E-state index contributed by atoms with van der Waals surface area (Å²) in [6, 6.07) is 12.7. The third-order valence-corrected chi connectivity index (χ3v) is 3.30. The van der Waals surface area contributed by atoms with Gasteiger partial charge in [0.05, 0.1) is 0 Å². The predicted octanol–water partition coefficient (Wildman–Crippen LogP) is 2.33. The Hall–Kier alpha value is -3.19. The number of nitrogens with one attached hydrogen (secondary N) is 3. The van der Waals surface area contributed by atoms with Gasteiger partial charge in [0.1, 0.15) is 0 Å². The van der Waals surface area contributed by atoms with Crippen LogP contribution in [-0.4, -0.2) is 22.9 Å². The number of hydrogen-bond acceptors (Lipinski definition) is 4. The van der Waals surface area contributed by atoms with Crippen molar-refractivity contribution >= 4 is 23.4 Å². The Morgan fingerprint density at radius 2 is 1.71 bits per heavy atom. The van der Waals surface area contributed by atoms with Crippen LogP contribution >= 0.6 is 0 Å².